The summed E-state index contributed by atoms with van der Waals surface area (Å²) in [6.45, 7) is 2.88. The summed E-state index contributed by atoms with van der Waals surface area (Å²) in [5.41, 5.74) is 6.92. The van der Waals surface area contributed by atoms with Gasteiger partial charge in [-0.3, -0.25) is 0 Å². The lowest BCUT2D eigenvalue weighted by Gasteiger charge is -2.09. The molecule has 0 aromatic heterocycles. The predicted octanol–water partition coefficient (Wildman–Crippen LogP) is 2.86. The van der Waals surface area contributed by atoms with Crippen LogP contribution in [0.15, 0.2) is 11.6 Å². The molecule has 0 saturated heterocycles. The van der Waals surface area contributed by atoms with Crippen molar-refractivity contribution in [1.82, 2.24) is 0 Å². The fourth-order valence-corrected chi connectivity index (χ4v) is 1.95. The second-order valence-corrected chi connectivity index (χ2v) is 3.97. The lowest BCUT2D eigenvalue weighted by atomic mass is 9.98. The third-order valence-corrected chi connectivity index (χ3v) is 2.74. The van der Waals surface area contributed by atoms with E-state index in [4.69, 9.17) is 5.73 Å². The van der Waals surface area contributed by atoms with Crippen molar-refractivity contribution in [2.75, 3.05) is 6.54 Å². The highest BCUT2D eigenvalue weighted by atomic mass is 14.5. The van der Waals surface area contributed by atoms with E-state index in [2.05, 4.69) is 13.0 Å². The summed E-state index contributed by atoms with van der Waals surface area (Å²) < 4.78 is 0. The summed E-state index contributed by atoms with van der Waals surface area (Å²) >= 11 is 0. The van der Waals surface area contributed by atoms with E-state index in [-0.39, 0.29) is 0 Å². The van der Waals surface area contributed by atoms with Crippen molar-refractivity contribution in [3.63, 3.8) is 0 Å². The molecule has 12 heavy (non-hydrogen) atoms. The van der Waals surface area contributed by atoms with Gasteiger partial charge in [0.1, 0.15) is 0 Å². The molecule has 0 amide bonds. The normalized spacial score (nSPS) is 22.3. The van der Waals surface area contributed by atoms with Gasteiger partial charge < -0.3 is 5.73 Å². The van der Waals surface area contributed by atoms with Crippen LogP contribution in [-0.2, 0) is 0 Å². The van der Waals surface area contributed by atoms with E-state index in [0.717, 1.165) is 12.5 Å². The SMILES string of the molecule is CC(=CC1CCCCCC1)CN. The summed E-state index contributed by atoms with van der Waals surface area (Å²) in [7, 11) is 0. The Morgan fingerprint density at radius 1 is 1.25 bits per heavy atom. The molecule has 0 spiro atoms. The quantitative estimate of drug-likeness (QED) is 0.496. The Kier molecular flexibility index (Phi) is 4.37. The first-order valence-corrected chi connectivity index (χ1v) is 5.20. The fraction of sp³-hybridized carbons (Fsp3) is 0.818. The van der Waals surface area contributed by atoms with E-state index in [1.807, 2.05) is 0 Å². The summed E-state index contributed by atoms with van der Waals surface area (Å²) in [5.74, 6) is 0.830. The van der Waals surface area contributed by atoms with Crippen LogP contribution in [0.1, 0.15) is 45.4 Å². The van der Waals surface area contributed by atoms with Crippen LogP contribution < -0.4 is 5.73 Å². The van der Waals surface area contributed by atoms with Gasteiger partial charge in [0.25, 0.3) is 0 Å². The topological polar surface area (TPSA) is 26.0 Å². The zero-order chi connectivity index (χ0) is 8.81. The van der Waals surface area contributed by atoms with Crippen molar-refractivity contribution < 1.29 is 0 Å². The fourth-order valence-electron chi connectivity index (χ4n) is 1.95. The summed E-state index contributed by atoms with van der Waals surface area (Å²) in [4.78, 5) is 0. The number of rotatable bonds is 2. The van der Waals surface area contributed by atoms with Crippen LogP contribution in [0.3, 0.4) is 0 Å². The van der Waals surface area contributed by atoms with Gasteiger partial charge in [-0.25, -0.2) is 0 Å². The Morgan fingerprint density at radius 3 is 2.33 bits per heavy atom. The molecule has 0 bridgehead atoms. The zero-order valence-electron chi connectivity index (χ0n) is 8.18. The number of nitrogens with two attached hydrogens (primary N) is 1. The van der Waals surface area contributed by atoms with Crippen LogP contribution in [0.4, 0.5) is 0 Å². The lowest BCUT2D eigenvalue weighted by Crippen LogP contribution is -2.03. The Bertz CT molecular complexity index is 141. The van der Waals surface area contributed by atoms with Crippen LogP contribution in [0, 0.1) is 5.92 Å². The maximum absolute atomic E-state index is 5.56. The molecular weight excluding hydrogens is 146 g/mol. The first kappa shape index (κ1) is 9.79. The first-order valence-electron chi connectivity index (χ1n) is 5.20. The molecular formula is C11H21N. The van der Waals surface area contributed by atoms with E-state index in [1.54, 1.807) is 0 Å². The van der Waals surface area contributed by atoms with Gasteiger partial charge >= 0.3 is 0 Å². The third kappa shape index (κ3) is 3.40. The molecule has 1 aliphatic rings. The zero-order valence-corrected chi connectivity index (χ0v) is 8.18. The molecule has 1 fully saturated rings. The minimum atomic E-state index is 0.733. The van der Waals surface area contributed by atoms with Crippen LogP contribution in [0.5, 0.6) is 0 Å². The molecule has 70 valence electrons. The maximum Gasteiger partial charge on any atom is 0.0134 e. The van der Waals surface area contributed by atoms with E-state index in [0.29, 0.717) is 0 Å². The van der Waals surface area contributed by atoms with Crippen LogP contribution in [0.2, 0.25) is 0 Å². The molecule has 0 aliphatic heterocycles. The van der Waals surface area contributed by atoms with Crippen molar-refractivity contribution in [1.29, 1.82) is 0 Å². The average molecular weight is 167 g/mol. The number of hydrogen-bond donors (Lipinski definition) is 1. The van der Waals surface area contributed by atoms with Crippen LogP contribution in [-0.4, -0.2) is 6.54 Å². The maximum atomic E-state index is 5.56. The summed E-state index contributed by atoms with van der Waals surface area (Å²) in [5, 5.41) is 0. The van der Waals surface area contributed by atoms with Gasteiger partial charge in [0.05, 0.1) is 0 Å². The minimum Gasteiger partial charge on any atom is -0.327 e. The van der Waals surface area contributed by atoms with Gasteiger partial charge in [-0.2, -0.15) is 0 Å². The highest BCUT2D eigenvalue weighted by Crippen LogP contribution is 2.24. The largest absolute Gasteiger partial charge is 0.327 e. The first-order chi connectivity index (χ1) is 5.83. The summed E-state index contributed by atoms with van der Waals surface area (Å²) in [6.07, 6.45) is 10.9. The van der Waals surface area contributed by atoms with Gasteiger partial charge in [0, 0.05) is 6.54 Å². The van der Waals surface area contributed by atoms with E-state index in [9.17, 15) is 0 Å². The van der Waals surface area contributed by atoms with E-state index >= 15 is 0 Å². The molecule has 1 aliphatic carbocycles. The van der Waals surface area contributed by atoms with Gasteiger partial charge in [0.15, 0.2) is 0 Å². The number of allylic oxidation sites excluding steroid dienone is 1. The summed E-state index contributed by atoms with van der Waals surface area (Å²) in [6, 6.07) is 0. The highest BCUT2D eigenvalue weighted by Gasteiger charge is 2.09. The molecule has 0 aromatic carbocycles. The molecule has 0 unspecified atom stereocenters. The molecule has 2 N–H and O–H groups in total. The molecule has 0 radical (unpaired) electrons. The van der Waals surface area contributed by atoms with Crippen molar-refractivity contribution in [3.8, 4) is 0 Å². The van der Waals surface area contributed by atoms with Crippen LogP contribution >= 0.6 is 0 Å². The van der Waals surface area contributed by atoms with Crippen molar-refractivity contribution in [2.24, 2.45) is 11.7 Å². The predicted molar refractivity (Wildman–Crippen MR) is 54.0 cm³/mol. The Morgan fingerprint density at radius 2 is 1.83 bits per heavy atom. The van der Waals surface area contributed by atoms with Crippen LogP contribution in [0.25, 0.3) is 0 Å². The highest BCUT2D eigenvalue weighted by molar-refractivity contribution is 5.02. The van der Waals surface area contributed by atoms with Gasteiger partial charge in [-0.05, 0) is 25.7 Å². The molecule has 1 nitrogen and oxygen atoms in total. The molecule has 0 heterocycles. The van der Waals surface area contributed by atoms with Crippen molar-refractivity contribution in [3.05, 3.63) is 11.6 Å². The van der Waals surface area contributed by atoms with E-state index in [1.165, 1.54) is 44.1 Å². The van der Waals surface area contributed by atoms with Gasteiger partial charge in [-0.15, -0.1) is 0 Å². The Labute approximate surface area is 76.0 Å². The molecule has 1 saturated carbocycles. The van der Waals surface area contributed by atoms with Crippen molar-refractivity contribution in [2.45, 2.75) is 45.4 Å². The number of hydrogen-bond acceptors (Lipinski definition) is 1. The smallest absolute Gasteiger partial charge is 0.0134 e. The third-order valence-electron chi connectivity index (χ3n) is 2.74. The second kappa shape index (κ2) is 5.36. The monoisotopic (exact) mass is 167 g/mol. The molecule has 1 rings (SSSR count). The molecule has 1 heteroatoms. The van der Waals surface area contributed by atoms with Gasteiger partial charge in [-0.1, -0.05) is 37.3 Å². The molecule has 0 aromatic rings. The second-order valence-electron chi connectivity index (χ2n) is 3.97. The average Bonchev–Trinajstić information content (AvgIpc) is 2.33. The van der Waals surface area contributed by atoms with Gasteiger partial charge in [0.2, 0.25) is 0 Å². The molecule has 0 atom stereocenters. The minimum absolute atomic E-state index is 0.733. The van der Waals surface area contributed by atoms with Crippen molar-refractivity contribution >= 4 is 0 Å². The van der Waals surface area contributed by atoms with E-state index < -0.39 is 0 Å². The Balaban J connectivity index is 2.38. The Hall–Kier alpha value is -0.300. The standard InChI is InChI=1S/C11H21N/c1-10(9-12)8-11-6-4-2-3-5-7-11/h8,11H,2-7,9,12H2,1H3. The lowest BCUT2D eigenvalue weighted by molar-refractivity contribution is 0.555.